The van der Waals surface area contributed by atoms with Crippen molar-refractivity contribution < 1.29 is 39.0 Å². The van der Waals surface area contributed by atoms with Gasteiger partial charge in [-0.3, -0.25) is 24.0 Å². The Labute approximate surface area is 165 Å². The molecule has 11 N–H and O–H groups in total. The first-order chi connectivity index (χ1) is 13.4. The van der Waals surface area contributed by atoms with E-state index in [0.29, 0.717) is 0 Å². The average molecular weight is 418 g/mol. The van der Waals surface area contributed by atoms with E-state index in [1.807, 2.05) is 5.32 Å². The molecule has 0 spiro atoms. The van der Waals surface area contributed by atoms with Crippen molar-refractivity contribution >= 4 is 35.5 Å². The summed E-state index contributed by atoms with van der Waals surface area (Å²) in [5.41, 5.74) is 15.3. The van der Waals surface area contributed by atoms with Gasteiger partial charge in [0.05, 0.1) is 13.0 Å². The number of nitrogens with one attached hydrogen (secondary N) is 3. The number of carbonyl (C=O) groups excluding carboxylic acids is 5. The number of carbonyl (C=O) groups is 6. The zero-order valence-corrected chi connectivity index (χ0v) is 15.7. The molecule has 0 saturated heterocycles. The molecule has 0 heterocycles. The lowest BCUT2D eigenvalue weighted by atomic mass is 10.1. The Hall–Kier alpha value is -3.26. The fourth-order valence-corrected chi connectivity index (χ4v) is 1.99. The first-order valence-corrected chi connectivity index (χ1v) is 8.46. The zero-order valence-electron chi connectivity index (χ0n) is 15.7. The lowest BCUT2D eigenvalue weighted by Crippen LogP contribution is -2.57. The topological polar surface area (TPSA) is 257 Å². The maximum atomic E-state index is 12.4. The van der Waals surface area contributed by atoms with Crippen molar-refractivity contribution in [2.45, 2.75) is 50.4 Å². The van der Waals surface area contributed by atoms with Crippen molar-refractivity contribution in [3.8, 4) is 0 Å². The highest BCUT2D eigenvalue weighted by Gasteiger charge is 2.29. The number of primary amides is 2. The third-order valence-electron chi connectivity index (χ3n) is 3.62. The Morgan fingerprint density at radius 2 is 1.41 bits per heavy atom. The normalized spacial score (nSPS) is 14.6. The van der Waals surface area contributed by atoms with Gasteiger partial charge in [-0.05, 0) is 13.3 Å². The van der Waals surface area contributed by atoms with Crippen molar-refractivity contribution in [3.05, 3.63) is 0 Å². The van der Waals surface area contributed by atoms with E-state index in [4.69, 9.17) is 27.4 Å². The maximum absolute atomic E-state index is 12.4. The molecule has 0 aromatic heterocycles. The number of hydrogen-bond donors (Lipinski definition) is 8. The van der Waals surface area contributed by atoms with E-state index in [9.17, 15) is 28.8 Å². The van der Waals surface area contributed by atoms with Crippen LogP contribution in [0.4, 0.5) is 0 Å². The van der Waals surface area contributed by atoms with Crippen LogP contribution in [0.15, 0.2) is 0 Å². The zero-order chi connectivity index (χ0) is 22.7. The highest BCUT2D eigenvalue weighted by atomic mass is 16.4. The number of carboxylic acids is 1. The predicted molar refractivity (Wildman–Crippen MR) is 96.4 cm³/mol. The maximum Gasteiger partial charge on any atom is 0.326 e. The van der Waals surface area contributed by atoms with Gasteiger partial charge in [0.1, 0.15) is 24.2 Å². The summed E-state index contributed by atoms with van der Waals surface area (Å²) in [5, 5.41) is 24.4. The highest BCUT2D eigenvalue weighted by molar-refractivity contribution is 5.94. The van der Waals surface area contributed by atoms with Crippen LogP contribution in [0.1, 0.15) is 26.2 Å². The molecule has 5 amide bonds. The molecule has 0 aromatic rings. The van der Waals surface area contributed by atoms with Crippen LogP contribution in [-0.2, 0) is 28.8 Å². The summed E-state index contributed by atoms with van der Waals surface area (Å²) in [5.74, 6) is -5.89. The Morgan fingerprint density at radius 3 is 1.86 bits per heavy atom. The number of rotatable bonds is 13. The lowest BCUT2D eigenvalue weighted by Gasteiger charge is -2.23. The summed E-state index contributed by atoms with van der Waals surface area (Å²) in [6.07, 6.45) is -1.14. The molecule has 0 rings (SSSR count). The smallest absolute Gasteiger partial charge is 0.326 e. The van der Waals surface area contributed by atoms with Gasteiger partial charge in [-0.1, -0.05) is 0 Å². The molecule has 0 saturated carbocycles. The van der Waals surface area contributed by atoms with Crippen LogP contribution >= 0.6 is 0 Å². The van der Waals surface area contributed by atoms with Gasteiger partial charge in [0.2, 0.25) is 29.5 Å². The van der Waals surface area contributed by atoms with Crippen molar-refractivity contribution in [3.63, 3.8) is 0 Å². The number of aliphatic hydroxyl groups excluding tert-OH is 1. The van der Waals surface area contributed by atoms with Gasteiger partial charge in [0.25, 0.3) is 0 Å². The second-order valence-corrected chi connectivity index (χ2v) is 6.16. The number of hydrogen-bond acceptors (Lipinski definition) is 8. The first kappa shape index (κ1) is 25.7. The molecular weight excluding hydrogens is 392 g/mol. The van der Waals surface area contributed by atoms with Crippen molar-refractivity contribution in [1.82, 2.24) is 16.0 Å². The monoisotopic (exact) mass is 418 g/mol. The summed E-state index contributed by atoms with van der Waals surface area (Å²) in [6, 6.07) is -5.47. The molecule has 4 atom stereocenters. The molecule has 0 fully saturated rings. The predicted octanol–water partition coefficient (Wildman–Crippen LogP) is -4.99. The minimum Gasteiger partial charge on any atom is -0.480 e. The molecule has 4 unspecified atom stereocenters. The second-order valence-electron chi connectivity index (χ2n) is 6.16. The van der Waals surface area contributed by atoms with Gasteiger partial charge in [-0.15, -0.1) is 0 Å². The summed E-state index contributed by atoms with van der Waals surface area (Å²) < 4.78 is 0. The number of carboxylic acid groups (broad SMARTS) is 1. The van der Waals surface area contributed by atoms with E-state index in [0.717, 1.165) is 0 Å². The van der Waals surface area contributed by atoms with E-state index in [1.165, 1.54) is 6.92 Å². The van der Waals surface area contributed by atoms with Crippen LogP contribution in [0.25, 0.3) is 0 Å². The molecule has 164 valence electrons. The van der Waals surface area contributed by atoms with E-state index >= 15 is 0 Å². The standard InChI is InChI=1S/C15H26N6O8/c1-6(12(25)21-9(15(28)29)4-11(18)24)19-14(27)8(2-3-10(17)23)20-13(26)7(16)5-22/h6-9,22H,2-5,16H2,1H3,(H2,17,23)(H2,18,24)(H,19,27)(H,20,26)(H,21,25)(H,28,29). The van der Waals surface area contributed by atoms with Gasteiger partial charge in [0.15, 0.2) is 0 Å². The minimum atomic E-state index is -1.59. The Morgan fingerprint density at radius 1 is 0.862 bits per heavy atom. The molecule has 0 aliphatic heterocycles. The summed E-state index contributed by atoms with van der Waals surface area (Å²) in [4.78, 5) is 69.1. The van der Waals surface area contributed by atoms with Gasteiger partial charge >= 0.3 is 5.97 Å². The number of nitrogens with two attached hydrogens (primary N) is 3. The lowest BCUT2D eigenvalue weighted by molar-refractivity contribution is -0.143. The molecule has 14 heteroatoms. The third kappa shape index (κ3) is 10.0. The number of aliphatic hydroxyl groups is 1. The SMILES string of the molecule is CC(NC(=O)C(CCC(N)=O)NC(=O)C(N)CO)C(=O)NC(CC(N)=O)C(=O)O. The van der Waals surface area contributed by atoms with Gasteiger partial charge in [0, 0.05) is 6.42 Å². The molecule has 0 aromatic carbocycles. The van der Waals surface area contributed by atoms with Gasteiger partial charge in [-0.2, -0.15) is 0 Å². The third-order valence-corrected chi connectivity index (χ3v) is 3.62. The number of aliphatic carboxylic acids is 1. The summed E-state index contributed by atoms with van der Waals surface area (Å²) >= 11 is 0. The quantitative estimate of drug-likeness (QED) is 0.142. The number of amides is 5. The Balaban J connectivity index is 5.08. The van der Waals surface area contributed by atoms with Gasteiger partial charge < -0.3 is 43.4 Å². The van der Waals surface area contributed by atoms with Crippen LogP contribution in [0.5, 0.6) is 0 Å². The minimum absolute atomic E-state index is 0.210. The first-order valence-electron chi connectivity index (χ1n) is 8.46. The average Bonchev–Trinajstić information content (AvgIpc) is 2.62. The van der Waals surface area contributed by atoms with Crippen LogP contribution in [-0.4, -0.2) is 76.5 Å². The molecular formula is C15H26N6O8. The molecule has 0 bridgehead atoms. The van der Waals surface area contributed by atoms with Crippen LogP contribution in [0.3, 0.4) is 0 Å². The van der Waals surface area contributed by atoms with Crippen LogP contribution < -0.4 is 33.2 Å². The fourth-order valence-electron chi connectivity index (χ4n) is 1.99. The second kappa shape index (κ2) is 12.2. The largest absolute Gasteiger partial charge is 0.480 e. The van der Waals surface area contributed by atoms with E-state index in [-0.39, 0.29) is 12.8 Å². The molecule has 0 radical (unpaired) electrons. The van der Waals surface area contributed by atoms with Gasteiger partial charge in [-0.25, -0.2) is 4.79 Å². The summed E-state index contributed by atoms with van der Waals surface area (Å²) in [6.45, 7) is 0.536. The Kier molecular flexibility index (Phi) is 10.9. The van der Waals surface area contributed by atoms with E-state index in [1.54, 1.807) is 0 Å². The van der Waals surface area contributed by atoms with Crippen molar-refractivity contribution in [2.24, 2.45) is 17.2 Å². The summed E-state index contributed by atoms with van der Waals surface area (Å²) in [7, 11) is 0. The van der Waals surface area contributed by atoms with Crippen LogP contribution in [0, 0.1) is 0 Å². The Bertz CT molecular complexity index is 655. The van der Waals surface area contributed by atoms with E-state index in [2.05, 4.69) is 10.6 Å². The highest BCUT2D eigenvalue weighted by Crippen LogP contribution is 2.00. The van der Waals surface area contributed by atoms with E-state index < -0.39 is 72.7 Å². The molecule has 0 aliphatic rings. The molecule has 29 heavy (non-hydrogen) atoms. The molecule has 0 aliphatic carbocycles. The molecule has 14 nitrogen and oxygen atoms in total. The van der Waals surface area contributed by atoms with Crippen LogP contribution in [0.2, 0.25) is 0 Å². The fraction of sp³-hybridized carbons (Fsp3) is 0.600. The van der Waals surface area contributed by atoms with Crippen molar-refractivity contribution in [1.29, 1.82) is 0 Å². The van der Waals surface area contributed by atoms with Crippen molar-refractivity contribution in [2.75, 3.05) is 6.61 Å².